The fourth-order valence-electron chi connectivity index (χ4n) is 2.68. The van der Waals surface area contributed by atoms with E-state index in [0.717, 1.165) is 11.1 Å². The van der Waals surface area contributed by atoms with Crippen molar-refractivity contribution < 1.29 is 17.9 Å². The van der Waals surface area contributed by atoms with E-state index in [1.54, 1.807) is 24.3 Å². The Hall–Kier alpha value is -2.18. The van der Waals surface area contributed by atoms with Crippen molar-refractivity contribution in [2.75, 3.05) is 7.11 Å². The molecule has 1 aliphatic rings. The van der Waals surface area contributed by atoms with E-state index in [2.05, 4.69) is 0 Å². The Morgan fingerprint density at radius 2 is 1.65 bits per heavy atom. The van der Waals surface area contributed by atoms with Crippen LogP contribution in [0.3, 0.4) is 0 Å². The predicted molar refractivity (Wildman–Crippen MR) is 85.2 cm³/mol. The van der Waals surface area contributed by atoms with Crippen molar-refractivity contribution >= 4 is 16.0 Å². The van der Waals surface area contributed by atoms with Crippen molar-refractivity contribution in [3.63, 3.8) is 0 Å². The van der Waals surface area contributed by atoms with Crippen molar-refractivity contribution in [3.05, 3.63) is 65.7 Å². The lowest BCUT2D eigenvalue weighted by Crippen LogP contribution is -2.20. The van der Waals surface area contributed by atoms with Gasteiger partial charge in [0.25, 0.3) is 0 Å². The van der Waals surface area contributed by atoms with Gasteiger partial charge in [-0.2, -0.15) is 4.31 Å². The van der Waals surface area contributed by atoms with Gasteiger partial charge in [-0.3, -0.25) is 4.79 Å². The van der Waals surface area contributed by atoms with Gasteiger partial charge in [-0.05, 0) is 24.6 Å². The molecule has 120 valence electrons. The molecule has 0 bridgehead atoms. The maximum Gasteiger partial charge on any atom is 0.326 e. The number of aryl methyl sites for hydroxylation is 1. The highest BCUT2D eigenvalue weighted by Crippen LogP contribution is 2.48. The van der Waals surface area contributed by atoms with Gasteiger partial charge in [0, 0.05) is 0 Å². The van der Waals surface area contributed by atoms with Crippen molar-refractivity contribution in [3.8, 4) is 0 Å². The number of ether oxygens (including phenoxy) is 1. The third kappa shape index (κ3) is 2.75. The minimum absolute atomic E-state index is 0.176. The van der Waals surface area contributed by atoms with Crippen molar-refractivity contribution in [1.82, 2.24) is 4.31 Å². The monoisotopic (exact) mass is 331 g/mol. The van der Waals surface area contributed by atoms with Gasteiger partial charge in [0.1, 0.15) is 6.04 Å². The SMILES string of the molecule is COC(=O)[C@@H]1[C@H](c2ccccc2)N1S(=O)(=O)c1ccc(C)cc1. The maximum absolute atomic E-state index is 12.8. The van der Waals surface area contributed by atoms with E-state index in [-0.39, 0.29) is 4.90 Å². The van der Waals surface area contributed by atoms with Crippen LogP contribution in [0, 0.1) is 6.92 Å². The summed E-state index contributed by atoms with van der Waals surface area (Å²) in [5.74, 6) is -0.547. The average molecular weight is 331 g/mol. The second-order valence-electron chi connectivity index (χ2n) is 5.47. The van der Waals surface area contributed by atoms with Crippen LogP contribution in [0.25, 0.3) is 0 Å². The normalized spacial score (nSPS) is 23.3. The largest absolute Gasteiger partial charge is 0.468 e. The van der Waals surface area contributed by atoms with Crippen LogP contribution < -0.4 is 0 Å². The maximum atomic E-state index is 12.8. The first-order valence-electron chi connectivity index (χ1n) is 7.20. The number of methoxy groups -OCH3 is 1. The summed E-state index contributed by atoms with van der Waals surface area (Å²) in [5, 5.41) is 0. The molecule has 1 saturated heterocycles. The number of rotatable bonds is 4. The number of benzene rings is 2. The van der Waals surface area contributed by atoms with Gasteiger partial charge in [0.2, 0.25) is 10.0 Å². The Balaban J connectivity index is 1.99. The Bertz CT molecular complexity index is 815. The summed E-state index contributed by atoms with van der Waals surface area (Å²) in [6.45, 7) is 1.89. The minimum Gasteiger partial charge on any atom is -0.468 e. The number of hydrogen-bond acceptors (Lipinski definition) is 4. The summed E-state index contributed by atoms with van der Waals surface area (Å²) in [7, 11) is -2.49. The molecule has 2 aromatic rings. The first kappa shape index (κ1) is 15.7. The third-order valence-corrected chi connectivity index (χ3v) is 5.82. The van der Waals surface area contributed by atoms with Gasteiger partial charge in [0.05, 0.1) is 18.0 Å². The highest BCUT2D eigenvalue weighted by atomic mass is 32.2. The number of carbonyl (C=O) groups excluding carboxylic acids is 1. The highest BCUT2D eigenvalue weighted by Gasteiger charge is 2.61. The summed E-state index contributed by atoms with van der Waals surface area (Å²) in [6, 6.07) is 14.4. The van der Waals surface area contributed by atoms with Crippen molar-refractivity contribution in [2.24, 2.45) is 0 Å². The van der Waals surface area contributed by atoms with Crippen LogP contribution in [0.15, 0.2) is 59.5 Å². The second kappa shape index (κ2) is 5.79. The van der Waals surface area contributed by atoms with Crippen LogP contribution in [0.5, 0.6) is 0 Å². The van der Waals surface area contributed by atoms with Crippen LogP contribution in [0.2, 0.25) is 0 Å². The zero-order chi connectivity index (χ0) is 16.6. The molecule has 6 heteroatoms. The van der Waals surface area contributed by atoms with Crippen LogP contribution in [-0.2, 0) is 19.6 Å². The number of nitrogens with zero attached hydrogens (tertiary/aromatic N) is 1. The quantitative estimate of drug-likeness (QED) is 0.637. The molecule has 1 unspecified atom stereocenters. The first-order chi connectivity index (χ1) is 11.0. The molecule has 2 aromatic carbocycles. The fraction of sp³-hybridized carbons (Fsp3) is 0.235. The van der Waals surface area contributed by atoms with E-state index >= 15 is 0 Å². The zero-order valence-electron chi connectivity index (χ0n) is 12.8. The smallest absolute Gasteiger partial charge is 0.326 e. The number of hydrogen-bond donors (Lipinski definition) is 0. The Morgan fingerprint density at radius 1 is 1.04 bits per heavy atom. The molecule has 1 aliphatic heterocycles. The molecule has 1 heterocycles. The number of carbonyl (C=O) groups is 1. The Labute approximate surface area is 135 Å². The van der Waals surface area contributed by atoms with Crippen molar-refractivity contribution in [2.45, 2.75) is 23.9 Å². The second-order valence-corrected chi connectivity index (χ2v) is 7.31. The Morgan fingerprint density at radius 3 is 2.22 bits per heavy atom. The molecule has 0 aromatic heterocycles. The summed E-state index contributed by atoms with van der Waals surface area (Å²) < 4.78 is 31.6. The van der Waals surface area contributed by atoms with E-state index in [4.69, 9.17) is 4.74 Å². The lowest BCUT2D eigenvalue weighted by molar-refractivity contribution is -0.140. The highest BCUT2D eigenvalue weighted by molar-refractivity contribution is 7.89. The molecule has 23 heavy (non-hydrogen) atoms. The van der Waals surface area contributed by atoms with Crippen molar-refractivity contribution in [1.29, 1.82) is 0 Å². The van der Waals surface area contributed by atoms with Gasteiger partial charge in [-0.1, -0.05) is 48.0 Å². The molecule has 0 radical (unpaired) electrons. The van der Waals surface area contributed by atoms with E-state index in [1.165, 1.54) is 11.4 Å². The van der Waals surface area contributed by atoms with Crippen LogP contribution >= 0.6 is 0 Å². The first-order valence-corrected chi connectivity index (χ1v) is 8.64. The molecule has 3 atom stereocenters. The summed E-state index contributed by atoms with van der Waals surface area (Å²) >= 11 is 0. The number of esters is 1. The Kier molecular flexibility index (Phi) is 3.95. The summed E-state index contributed by atoms with van der Waals surface area (Å²) in [6.07, 6.45) is 0. The van der Waals surface area contributed by atoms with Gasteiger partial charge in [-0.15, -0.1) is 0 Å². The summed E-state index contributed by atoms with van der Waals surface area (Å²) in [4.78, 5) is 12.1. The molecule has 0 saturated carbocycles. The van der Waals surface area contributed by atoms with E-state index < -0.39 is 28.1 Å². The van der Waals surface area contributed by atoms with E-state index in [9.17, 15) is 13.2 Å². The molecular weight excluding hydrogens is 314 g/mol. The lowest BCUT2D eigenvalue weighted by Gasteiger charge is -2.07. The molecule has 5 nitrogen and oxygen atoms in total. The average Bonchev–Trinajstić information content (AvgIpc) is 3.32. The molecule has 1 fully saturated rings. The number of sulfonamides is 1. The summed E-state index contributed by atoms with van der Waals surface area (Å²) in [5.41, 5.74) is 1.75. The van der Waals surface area contributed by atoms with E-state index in [0.29, 0.717) is 0 Å². The fourth-order valence-corrected chi connectivity index (χ4v) is 4.38. The third-order valence-electron chi connectivity index (χ3n) is 3.94. The molecule has 0 spiro atoms. The lowest BCUT2D eigenvalue weighted by atomic mass is 10.1. The van der Waals surface area contributed by atoms with Crippen LogP contribution in [0.1, 0.15) is 17.2 Å². The molecular formula is C17H17NO4S. The van der Waals surface area contributed by atoms with Gasteiger partial charge < -0.3 is 4.74 Å². The molecule has 0 aliphatic carbocycles. The molecule has 0 amide bonds. The standard InChI is InChI=1S/C17H17NO4S/c1-12-8-10-14(11-9-12)23(20,21)18-15(16(18)17(19)22-2)13-6-4-3-5-7-13/h3-11,15-16H,1-2H3/t15-,16-,18?/m0/s1. The molecule has 0 N–H and O–H groups in total. The van der Waals surface area contributed by atoms with Gasteiger partial charge >= 0.3 is 5.97 Å². The van der Waals surface area contributed by atoms with Gasteiger partial charge in [0.15, 0.2) is 0 Å². The zero-order valence-corrected chi connectivity index (χ0v) is 13.7. The van der Waals surface area contributed by atoms with Crippen LogP contribution in [-0.4, -0.2) is 31.8 Å². The minimum atomic E-state index is -3.75. The topological polar surface area (TPSA) is 63.5 Å². The van der Waals surface area contributed by atoms with Gasteiger partial charge in [-0.25, -0.2) is 8.42 Å². The molecule has 3 rings (SSSR count). The predicted octanol–water partition coefficient (Wildman–Crippen LogP) is 2.28. The van der Waals surface area contributed by atoms with E-state index in [1.807, 2.05) is 37.3 Å². The van der Waals surface area contributed by atoms with Crippen LogP contribution in [0.4, 0.5) is 0 Å².